The van der Waals surface area contributed by atoms with Crippen molar-refractivity contribution in [1.29, 1.82) is 0 Å². The van der Waals surface area contributed by atoms with Gasteiger partial charge in [-0.15, -0.1) is 0 Å². The highest BCUT2D eigenvalue weighted by Gasteiger charge is 2.33. The first kappa shape index (κ1) is 15.8. The Morgan fingerprint density at radius 3 is 2.26 bits per heavy atom. The molecule has 23 heavy (non-hydrogen) atoms. The predicted molar refractivity (Wildman–Crippen MR) is 97.9 cm³/mol. The van der Waals surface area contributed by atoms with Crippen LogP contribution in [-0.4, -0.2) is 17.1 Å². The maximum Gasteiger partial charge on any atom is 0.234 e. The largest absolute Gasteiger partial charge is 0.274 e. The molecule has 0 radical (unpaired) electrons. The molecule has 1 saturated heterocycles. The molecule has 2 aromatic carbocycles. The Morgan fingerprint density at radius 2 is 1.65 bits per heavy atom. The van der Waals surface area contributed by atoms with E-state index in [1.54, 1.807) is 16.7 Å². The summed E-state index contributed by atoms with van der Waals surface area (Å²) in [4.78, 5) is 19.3. The van der Waals surface area contributed by atoms with Crippen molar-refractivity contribution in [3.63, 3.8) is 0 Å². The van der Waals surface area contributed by atoms with Crippen LogP contribution in [0.2, 0.25) is 0 Å². The highest BCUT2D eigenvalue weighted by Crippen LogP contribution is 2.40. The molecule has 1 atom stereocenters. The van der Waals surface area contributed by atoms with E-state index in [1.807, 2.05) is 62.4 Å². The third-order valence-corrected chi connectivity index (χ3v) is 4.82. The molecule has 0 unspecified atom stereocenters. The van der Waals surface area contributed by atoms with Gasteiger partial charge in [0.15, 0.2) is 5.17 Å². The number of anilines is 1. The van der Waals surface area contributed by atoms with Crippen molar-refractivity contribution in [3.8, 4) is 0 Å². The predicted octanol–water partition coefficient (Wildman–Crippen LogP) is 4.66. The minimum absolute atomic E-state index is 0.100. The lowest BCUT2D eigenvalue weighted by Gasteiger charge is -2.33. The van der Waals surface area contributed by atoms with Crippen molar-refractivity contribution in [2.75, 3.05) is 4.90 Å². The van der Waals surface area contributed by atoms with Gasteiger partial charge >= 0.3 is 0 Å². The summed E-state index contributed by atoms with van der Waals surface area (Å²) in [5.41, 5.74) is 2.06. The van der Waals surface area contributed by atoms with Crippen molar-refractivity contribution in [2.24, 2.45) is 4.99 Å². The molecular weight excluding hydrogens is 304 g/mol. The second-order valence-electron chi connectivity index (χ2n) is 5.79. The number of para-hydroxylation sites is 1. The molecule has 118 valence electrons. The Hall–Kier alpha value is -2.07. The summed E-state index contributed by atoms with van der Waals surface area (Å²) in [7, 11) is 0. The molecule has 2 aromatic rings. The fourth-order valence-electron chi connectivity index (χ4n) is 2.57. The van der Waals surface area contributed by atoms with Gasteiger partial charge in [-0.25, -0.2) is 0 Å². The molecule has 1 fully saturated rings. The van der Waals surface area contributed by atoms with E-state index in [0.717, 1.165) is 10.9 Å². The summed E-state index contributed by atoms with van der Waals surface area (Å²) in [6.07, 6.45) is 0.487. The maximum absolute atomic E-state index is 12.8. The first-order chi connectivity index (χ1) is 11.1. The zero-order valence-corrected chi connectivity index (χ0v) is 14.2. The molecule has 1 amide bonds. The molecule has 0 N–H and O–H groups in total. The zero-order chi connectivity index (χ0) is 16.2. The number of amides is 1. The van der Waals surface area contributed by atoms with Gasteiger partial charge in [0.25, 0.3) is 0 Å². The van der Waals surface area contributed by atoms with E-state index in [2.05, 4.69) is 12.1 Å². The van der Waals surface area contributed by atoms with Gasteiger partial charge in [-0.2, -0.15) is 0 Å². The summed E-state index contributed by atoms with van der Waals surface area (Å²) in [5, 5.41) is 0.914. The molecular formula is C19H20N2OS. The van der Waals surface area contributed by atoms with E-state index in [-0.39, 0.29) is 17.2 Å². The number of carbonyl (C=O) groups excluding carboxylic acids is 1. The van der Waals surface area contributed by atoms with Gasteiger partial charge in [0.05, 0.1) is 5.69 Å². The van der Waals surface area contributed by atoms with Crippen LogP contribution in [0.4, 0.5) is 5.69 Å². The van der Waals surface area contributed by atoms with Gasteiger partial charge in [0, 0.05) is 17.7 Å². The number of amidine groups is 1. The van der Waals surface area contributed by atoms with Crippen LogP contribution in [0.1, 0.15) is 31.1 Å². The lowest BCUT2D eigenvalue weighted by Crippen LogP contribution is -2.40. The Balaban J connectivity index is 1.95. The van der Waals surface area contributed by atoms with Gasteiger partial charge in [0.2, 0.25) is 5.91 Å². The summed E-state index contributed by atoms with van der Waals surface area (Å²) < 4.78 is 0. The Labute approximate surface area is 141 Å². The first-order valence-electron chi connectivity index (χ1n) is 7.82. The van der Waals surface area contributed by atoms with Crippen molar-refractivity contribution < 1.29 is 4.79 Å². The first-order valence-corrected chi connectivity index (χ1v) is 8.70. The molecule has 0 saturated carbocycles. The molecule has 0 aliphatic carbocycles. The number of thioether (sulfide) groups is 1. The lowest BCUT2D eigenvalue weighted by atomic mass is 10.1. The molecule has 4 heteroatoms. The third kappa shape index (κ3) is 3.64. The van der Waals surface area contributed by atoms with Gasteiger partial charge in [-0.05, 0) is 31.5 Å². The monoisotopic (exact) mass is 324 g/mol. The van der Waals surface area contributed by atoms with Crippen LogP contribution < -0.4 is 4.90 Å². The van der Waals surface area contributed by atoms with Crippen LogP contribution in [0.15, 0.2) is 65.7 Å². The van der Waals surface area contributed by atoms with Crippen LogP contribution in [-0.2, 0) is 4.79 Å². The quantitative estimate of drug-likeness (QED) is 0.822. The molecule has 1 heterocycles. The maximum atomic E-state index is 12.8. The van der Waals surface area contributed by atoms with Gasteiger partial charge in [-0.3, -0.25) is 14.7 Å². The van der Waals surface area contributed by atoms with E-state index < -0.39 is 0 Å². The van der Waals surface area contributed by atoms with Crippen LogP contribution >= 0.6 is 11.8 Å². The highest BCUT2D eigenvalue weighted by atomic mass is 32.2. The third-order valence-electron chi connectivity index (χ3n) is 3.60. The summed E-state index contributed by atoms with van der Waals surface area (Å²) in [6.45, 7) is 4.07. The molecule has 1 aliphatic heterocycles. The van der Waals surface area contributed by atoms with Crippen LogP contribution in [0.3, 0.4) is 0 Å². The lowest BCUT2D eigenvalue weighted by molar-refractivity contribution is -0.117. The second kappa shape index (κ2) is 7.01. The Bertz CT molecular complexity index is 698. The van der Waals surface area contributed by atoms with E-state index in [1.165, 1.54) is 5.56 Å². The van der Waals surface area contributed by atoms with Gasteiger partial charge in [0.1, 0.15) is 0 Å². The Kier molecular flexibility index (Phi) is 4.82. The molecule has 0 spiro atoms. The minimum Gasteiger partial charge on any atom is -0.274 e. The minimum atomic E-state index is 0.100. The van der Waals surface area contributed by atoms with E-state index in [0.29, 0.717) is 6.42 Å². The zero-order valence-electron chi connectivity index (χ0n) is 13.3. The molecule has 3 rings (SSSR count). The fraction of sp³-hybridized carbons (Fsp3) is 0.263. The molecule has 0 aromatic heterocycles. The highest BCUT2D eigenvalue weighted by molar-refractivity contribution is 8.14. The number of carbonyl (C=O) groups is 1. The number of benzene rings is 2. The normalized spacial score (nSPS) is 20.3. The molecule has 3 nitrogen and oxygen atoms in total. The Morgan fingerprint density at radius 1 is 1.04 bits per heavy atom. The van der Waals surface area contributed by atoms with E-state index in [4.69, 9.17) is 4.99 Å². The average molecular weight is 324 g/mol. The summed E-state index contributed by atoms with van der Waals surface area (Å²) in [6, 6.07) is 20.1. The van der Waals surface area contributed by atoms with Crippen molar-refractivity contribution in [1.82, 2.24) is 0 Å². The van der Waals surface area contributed by atoms with Crippen molar-refractivity contribution >= 4 is 28.5 Å². The van der Waals surface area contributed by atoms with Gasteiger partial charge < -0.3 is 0 Å². The smallest absolute Gasteiger partial charge is 0.234 e. The number of hydrogen-bond acceptors (Lipinski definition) is 3. The number of hydrogen-bond donors (Lipinski definition) is 0. The van der Waals surface area contributed by atoms with E-state index in [9.17, 15) is 4.79 Å². The van der Waals surface area contributed by atoms with Crippen LogP contribution in [0, 0.1) is 0 Å². The van der Waals surface area contributed by atoms with Crippen molar-refractivity contribution in [3.05, 3.63) is 66.2 Å². The van der Waals surface area contributed by atoms with Crippen molar-refractivity contribution in [2.45, 2.75) is 31.6 Å². The van der Waals surface area contributed by atoms with E-state index >= 15 is 0 Å². The fourth-order valence-corrected chi connectivity index (χ4v) is 3.93. The number of aliphatic imine (C=N–C) groups is 1. The average Bonchev–Trinajstić information content (AvgIpc) is 2.55. The second-order valence-corrected chi connectivity index (χ2v) is 6.96. The SMILES string of the molecule is CC(C)N=C1S[C@H](c2ccccc2)CC(=O)N1c1ccccc1. The number of nitrogens with zero attached hydrogens (tertiary/aromatic N) is 2. The summed E-state index contributed by atoms with van der Waals surface area (Å²) in [5.74, 6) is 0.100. The van der Waals surface area contributed by atoms with Gasteiger partial charge in [-0.1, -0.05) is 60.3 Å². The van der Waals surface area contributed by atoms with Crippen LogP contribution in [0.5, 0.6) is 0 Å². The van der Waals surface area contributed by atoms with Crippen LogP contribution in [0.25, 0.3) is 0 Å². The molecule has 1 aliphatic rings. The number of rotatable bonds is 3. The topological polar surface area (TPSA) is 32.7 Å². The standard InChI is InChI=1S/C19H20N2OS/c1-14(2)20-19-21(16-11-7-4-8-12-16)18(22)13-17(23-19)15-9-5-3-6-10-15/h3-12,14,17H,13H2,1-2H3/t17-/m0/s1. The molecule has 0 bridgehead atoms. The summed E-state index contributed by atoms with van der Waals surface area (Å²) >= 11 is 1.67.